The van der Waals surface area contributed by atoms with Crippen molar-refractivity contribution in [1.29, 1.82) is 0 Å². The minimum Gasteiger partial charge on any atom is -0.485 e. The third-order valence-corrected chi connectivity index (χ3v) is 3.36. The molecular weight excluding hydrogens is 264 g/mol. The van der Waals surface area contributed by atoms with Gasteiger partial charge >= 0.3 is 5.97 Å². The Balaban J connectivity index is 1.89. The molecule has 0 aliphatic carbocycles. The summed E-state index contributed by atoms with van der Waals surface area (Å²) in [6.45, 7) is -0.0151. The van der Waals surface area contributed by atoms with Crippen LogP contribution in [0.25, 0.3) is 0 Å². The van der Waals surface area contributed by atoms with E-state index in [0.717, 1.165) is 0 Å². The number of carboxylic acids is 1. The molecule has 4 nitrogen and oxygen atoms in total. The predicted octanol–water partition coefficient (Wildman–Crippen LogP) is 2.64. The van der Waals surface area contributed by atoms with Gasteiger partial charge in [-0.2, -0.15) is 0 Å². The number of rotatable bonds is 6. The maximum Gasteiger partial charge on any atom is 0.307 e. The minimum absolute atomic E-state index is 0.0151. The van der Waals surface area contributed by atoms with Crippen LogP contribution in [0.4, 0.5) is 0 Å². The second kappa shape index (κ2) is 6.15. The Morgan fingerprint density at radius 1 is 1.16 bits per heavy atom. The van der Waals surface area contributed by atoms with Crippen molar-refractivity contribution in [2.75, 3.05) is 6.61 Å². The molecule has 0 unspecified atom stereocenters. The normalized spacial score (nSPS) is 10.1. The molecule has 1 aromatic carbocycles. The fraction of sp³-hybridized carbons (Fsp3) is 0.143. The molecule has 1 N–H and O–H groups in total. The number of hydrogen-bond acceptors (Lipinski definition) is 4. The van der Waals surface area contributed by atoms with Gasteiger partial charge in [-0.15, -0.1) is 11.3 Å². The van der Waals surface area contributed by atoms with Crippen LogP contribution in [0.15, 0.2) is 41.8 Å². The van der Waals surface area contributed by atoms with Gasteiger partial charge < -0.3 is 9.84 Å². The average Bonchev–Trinajstić information content (AvgIpc) is 2.91. The number of Topliss-reactive ketones (excluding diaryl/α,β-unsaturated/α-hetero) is 1. The van der Waals surface area contributed by atoms with E-state index >= 15 is 0 Å². The van der Waals surface area contributed by atoms with E-state index < -0.39 is 5.97 Å². The first-order chi connectivity index (χ1) is 9.15. The van der Waals surface area contributed by atoms with E-state index in [1.165, 1.54) is 11.3 Å². The Bertz CT molecular complexity index is 558. The number of ether oxygens (including phenoxy) is 1. The number of carbonyl (C=O) groups excluding carboxylic acids is 1. The lowest BCUT2D eigenvalue weighted by Gasteiger charge is -2.05. The SMILES string of the molecule is O=C(O)Cc1ccc(OCC(=O)c2cccs2)cc1. The standard InChI is InChI=1S/C14H12O4S/c15-12(13-2-1-7-19-13)9-18-11-5-3-10(4-6-11)8-14(16)17/h1-7H,8-9H2,(H,16,17). The first kappa shape index (κ1) is 13.3. The van der Waals surface area contributed by atoms with E-state index in [1.54, 1.807) is 30.3 Å². The molecule has 0 atom stereocenters. The summed E-state index contributed by atoms with van der Waals surface area (Å²) in [7, 11) is 0. The molecule has 98 valence electrons. The van der Waals surface area contributed by atoms with Crippen molar-refractivity contribution < 1.29 is 19.4 Å². The highest BCUT2D eigenvalue weighted by Crippen LogP contribution is 2.14. The van der Waals surface area contributed by atoms with Crippen LogP contribution < -0.4 is 4.74 Å². The molecule has 0 aliphatic heterocycles. The van der Waals surface area contributed by atoms with Crippen LogP contribution in [0.2, 0.25) is 0 Å². The molecule has 0 aliphatic rings. The van der Waals surface area contributed by atoms with Gasteiger partial charge in [0.15, 0.2) is 6.61 Å². The summed E-state index contributed by atoms with van der Waals surface area (Å²) >= 11 is 1.38. The second-order valence-corrected chi connectivity index (χ2v) is 4.85. The molecule has 2 aromatic rings. The van der Waals surface area contributed by atoms with Crippen LogP contribution >= 0.6 is 11.3 Å². The van der Waals surface area contributed by atoms with Crippen LogP contribution in [-0.2, 0) is 11.2 Å². The van der Waals surface area contributed by atoms with Gasteiger partial charge in [-0.05, 0) is 29.1 Å². The quantitative estimate of drug-likeness (QED) is 0.824. The molecule has 19 heavy (non-hydrogen) atoms. The molecule has 0 amide bonds. The molecule has 0 saturated carbocycles. The monoisotopic (exact) mass is 276 g/mol. The Labute approximate surface area is 114 Å². The van der Waals surface area contributed by atoms with Crippen molar-refractivity contribution in [3.05, 3.63) is 52.2 Å². The van der Waals surface area contributed by atoms with Crippen molar-refractivity contribution in [1.82, 2.24) is 0 Å². The number of ketones is 1. The van der Waals surface area contributed by atoms with Crippen molar-refractivity contribution in [3.63, 3.8) is 0 Å². The molecule has 5 heteroatoms. The van der Waals surface area contributed by atoms with Gasteiger partial charge in [-0.1, -0.05) is 18.2 Å². The van der Waals surface area contributed by atoms with E-state index in [1.807, 2.05) is 11.4 Å². The minimum atomic E-state index is -0.874. The van der Waals surface area contributed by atoms with Gasteiger partial charge in [0.25, 0.3) is 0 Å². The summed E-state index contributed by atoms with van der Waals surface area (Å²) < 4.78 is 5.36. The van der Waals surface area contributed by atoms with Crippen LogP contribution in [0.3, 0.4) is 0 Å². The lowest BCUT2D eigenvalue weighted by atomic mass is 10.1. The smallest absolute Gasteiger partial charge is 0.307 e. The van der Waals surface area contributed by atoms with Crippen LogP contribution in [-0.4, -0.2) is 23.5 Å². The van der Waals surface area contributed by atoms with Gasteiger partial charge in [-0.25, -0.2) is 0 Å². The summed E-state index contributed by atoms with van der Waals surface area (Å²) in [5.74, 6) is -0.384. The summed E-state index contributed by atoms with van der Waals surface area (Å²) in [4.78, 5) is 22.9. The molecule has 0 fully saturated rings. The van der Waals surface area contributed by atoms with Crippen molar-refractivity contribution in [2.24, 2.45) is 0 Å². The highest BCUT2D eigenvalue weighted by molar-refractivity contribution is 7.12. The Morgan fingerprint density at radius 3 is 2.47 bits per heavy atom. The van der Waals surface area contributed by atoms with Gasteiger partial charge in [0, 0.05) is 0 Å². The lowest BCUT2D eigenvalue weighted by molar-refractivity contribution is -0.136. The first-order valence-electron chi connectivity index (χ1n) is 5.65. The second-order valence-electron chi connectivity index (χ2n) is 3.90. The molecule has 1 heterocycles. The Kier molecular flexibility index (Phi) is 4.30. The third-order valence-electron chi connectivity index (χ3n) is 2.44. The number of aliphatic carboxylic acids is 1. The molecule has 0 bridgehead atoms. The zero-order valence-electron chi connectivity index (χ0n) is 10.0. The number of carboxylic acid groups (broad SMARTS) is 1. The summed E-state index contributed by atoms with van der Waals surface area (Å²) in [6.07, 6.45) is -0.0194. The molecule has 1 aromatic heterocycles. The van der Waals surface area contributed by atoms with Gasteiger partial charge in [0.2, 0.25) is 5.78 Å². The predicted molar refractivity (Wildman–Crippen MR) is 71.9 cm³/mol. The number of benzene rings is 1. The molecule has 0 radical (unpaired) electrons. The zero-order chi connectivity index (χ0) is 13.7. The van der Waals surface area contributed by atoms with Gasteiger partial charge in [0.1, 0.15) is 5.75 Å². The number of thiophene rings is 1. The largest absolute Gasteiger partial charge is 0.485 e. The van der Waals surface area contributed by atoms with E-state index in [4.69, 9.17) is 9.84 Å². The fourth-order valence-corrected chi connectivity index (χ4v) is 2.19. The topological polar surface area (TPSA) is 63.6 Å². The first-order valence-corrected chi connectivity index (χ1v) is 6.53. The summed E-state index contributed by atoms with van der Waals surface area (Å²) in [6, 6.07) is 10.3. The lowest BCUT2D eigenvalue weighted by Crippen LogP contribution is -2.10. The average molecular weight is 276 g/mol. The molecule has 0 spiro atoms. The Morgan fingerprint density at radius 2 is 1.89 bits per heavy atom. The van der Waals surface area contributed by atoms with Gasteiger partial charge in [-0.3, -0.25) is 9.59 Å². The summed E-state index contributed by atoms with van der Waals surface area (Å²) in [5.41, 5.74) is 0.699. The van der Waals surface area contributed by atoms with Crippen molar-refractivity contribution in [2.45, 2.75) is 6.42 Å². The fourth-order valence-electron chi connectivity index (χ4n) is 1.54. The van der Waals surface area contributed by atoms with Crippen LogP contribution in [0.1, 0.15) is 15.2 Å². The highest BCUT2D eigenvalue weighted by atomic mass is 32.1. The molecular formula is C14H12O4S. The molecule has 2 rings (SSSR count). The third kappa shape index (κ3) is 3.93. The van der Waals surface area contributed by atoms with Crippen LogP contribution in [0, 0.1) is 0 Å². The number of carbonyl (C=O) groups is 2. The van der Waals surface area contributed by atoms with E-state index in [-0.39, 0.29) is 18.8 Å². The van der Waals surface area contributed by atoms with E-state index in [0.29, 0.717) is 16.2 Å². The maximum atomic E-state index is 11.7. The molecule has 0 saturated heterocycles. The maximum absolute atomic E-state index is 11.7. The highest BCUT2D eigenvalue weighted by Gasteiger charge is 2.07. The number of hydrogen-bond donors (Lipinski definition) is 1. The Hall–Kier alpha value is -2.14. The van der Waals surface area contributed by atoms with E-state index in [2.05, 4.69) is 0 Å². The van der Waals surface area contributed by atoms with Gasteiger partial charge in [0.05, 0.1) is 11.3 Å². The summed E-state index contributed by atoms with van der Waals surface area (Å²) in [5, 5.41) is 10.5. The van der Waals surface area contributed by atoms with Crippen LogP contribution in [0.5, 0.6) is 5.75 Å². The zero-order valence-corrected chi connectivity index (χ0v) is 10.9. The van der Waals surface area contributed by atoms with E-state index in [9.17, 15) is 9.59 Å². The van der Waals surface area contributed by atoms with Crippen molar-refractivity contribution >= 4 is 23.1 Å². The van der Waals surface area contributed by atoms with Crippen molar-refractivity contribution in [3.8, 4) is 5.75 Å².